The first-order valence-corrected chi connectivity index (χ1v) is 8.99. The van der Waals surface area contributed by atoms with Crippen LogP contribution < -0.4 is 10.9 Å². The third-order valence-electron chi connectivity index (χ3n) is 3.88. The summed E-state index contributed by atoms with van der Waals surface area (Å²) in [6, 6.07) is 14.6. The second-order valence-corrected chi connectivity index (χ2v) is 6.79. The summed E-state index contributed by atoms with van der Waals surface area (Å²) in [5.41, 5.74) is 3.37. The molecule has 130 valence electrons. The number of aromatic amines is 1. The number of thioether (sulfide) groups is 1. The van der Waals surface area contributed by atoms with Crippen LogP contribution in [0.15, 0.2) is 62.9 Å². The average Bonchev–Trinajstić information content (AvgIpc) is 3.01. The van der Waals surface area contributed by atoms with E-state index >= 15 is 0 Å². The van der Waals surface area contributed by atoms with Gasteiger partial charge in [0, 0.05) is 35.9 Å². The van der Waals surface area contributed by atoms with E-state index < -0.39 is 5.63 Å². The summed E-state index contributed by atoms with van der Waals surface area (Å²) in [6.07, 6.45) is 0. The van der Waals surface area contributed by atoms with Gasteiger partial charge in [0.1, 0.15) is 5.58 Å². The van der Waals surface area contributed by atoms with E-state index in [4.69, 9.17) is 4.42 Å². The molecule has 4 rings (SSSR count). The Bertz CT molecular complexity index is 1150. The molecule has 1 amide bonds. The van der Waals surface area contributed by atoms with Gasteiger partial charge in [-0.05, 0) is 29.8 Å². The number of nitrogens with one attached hydrogen (secondary N) is 2. The Morgan fingerprint density at radius 1 is 1.23 bits per heavy atom. The number of benzene rings is 2. The predicted octanol–water partition coefficient (Wildman–Crippen LogP) is 3.92. The van der Waals surface area contributed by atoms with Gasteiger partial charge in [0.15, 0.2) is 5.16 Å². The zero-order valence-electron chi connectivity index (χ0n) is 13.9. The van der Waals surface area contributed by atoms with Crippen molar-refractivity contribution >= 4 is 45.4 Å². The minimum atomic E-state index is -0.419. The molecule has 6 nitrogen and oxygen atoms in total. The van der Waals surface area contributed by atoms with Gasteiger partial charge >= 0.3 is 5.63 Å². The molecule has 0 bridgehead atoms. The van der Waals surface area contributed by atoms with Crippen molar-refractivity contribution in [3.05, 3.63) is 64.5 Å². The molecule has 0 aliphatic heterocycles. The molecule has 0 saturated heterocycles. The minimum absolute atomic E-state index is 0.178. The number of hydrogen-bond donors (Lipinski definition) is 2. The molecule has 0 unspecified atom stereocenters. The van der Waals surface area contributed by atoms with E-state index in [-0.39, 0.29) is 5.91 Å². The number of rotatable bonds is 4. The van der Waals surface area contributed by atoms with E-state index in [0.717, 1.165) is 27.1 Å². The van der Waals surface area contributed by atoms with E-state index in [9.17, 15) is 9.59 Å². The van der Waals surface area contributed by atoms with Crippen molar-refractivity contribution in [1.29, 1.82) is 0 Å². The lowest BCUT2D eigenvalue weighted by atomic mass is 10.1. The van der Waals surface area contributed by atoms with Gasteiger partial charge in [0.2, 0.25) is 5.91 Å². The fraction of sp³-hybridized carbons (Fsp3) is 0.105. The molecule has 2 aromatic heterocycles. The zero-order chi connectivity index (χ0) is 18.1. The first-order chi connectivity index (χ1) is 12.6. The molecule has 2 aromatic carbocycles. The summed E-state index contributed by atoms with van der Waals surface area (Å²) in [5, 5.41) is 4.32. The Labute approximate surface area is 152 Å². The molecule has 2 heterocycles. The number of fused-ring (bicyclic) bond motifs is 2. The van der Waals surface area contributed by atoms with Crippen LogP contribution in [0.3, 0.4) is 0 Å². The number of carbonyl (C=O) groups is 1. The highest BCUT2D eigenvalue weighted by Gasteiger charge is 2.09. The molecule has 7 heteroatoms. The van der Waals surface area contributed by atoms with E-state index in [2.05, 4.69) is 15.3 Å². The number of nitrogens with zero attached hydrogens (tertiary/aromatic N) is 1. The molecule has 0 aliphatic rings. The van der Waals surface area contributed by atoms with Gasteiger partial charge in [-0.15, -0.1) is 0 Å². The van der Waals surface area contributed by atoms with Crippen molar-refractivity contribution in [3.63, 3.8) is 0 Å². The first kappa shape index (κ1) is 16.4. The second-order valence-electron chi connectivity index (χ2n) is 5.83. The van der Waals surface area contributed by atoms with Crippen molar-refractivity contribution in [1.82, 2.24) is 9.97 Å². The number of amides is 1. The maximum Gasteiger partial charge on any atom is 0.336 e. The Kier molecular flexibility index (Phi) is 4.22. The summed E-state index contributed by atoms with van der Waals surface area (Å²) < 4.78 is 5.29. The summed E-state index contributed by atoms with van der Waals surface area (Å²) in [7, 11) is 0. The second kappa shape index (κ2) is 6.68. The van der Waals surface area contributed by atoms with Crippen LogP contribution in [-0.4, -0.2) is 15.9 Å². The number of hydrogen-bond acceptors (Lipinski definition) is 5. The van der Waals surface area contributed by atoms with Gasteiger partial charge in [-0.3, -0.25) is 4.79 Å². The number of carbonyl (C=O) groups excluding carboxylic acids is 1. The van der Waals surface area contributed by atoms with Gasteiger partial charge in [0.25, 0.3) is 0 Å². The molecule has 26 heavy (non-hydrogen) atoms. The van der Waals surface area contributed by atoms with Crippen LogP contribution in [0.5, 0.6) is 0 Å². The Morgan fingerprint density at radius 2 is 2.08 bits per heavy atom. The van der Waals surface area contributed by atoms with Crippen molar-refractivity contribution in [2.45, 2.75) is 17.8 Å². The number of anilines is 1. The number of aromatic nitrogens is 2. The maximum atomic E-state index is 11.9. The molecule has 0 fully saturated rings. The lowest BCUT2D eigenvalue weighted by Gasteiger charge is -2.07. The van der Waals surface area contributed by atoms with Crippen molar-refractivity contribution in [2.75, 3.05) is 5.32 Å². The number of para-hydroxylation sites is 2. The maximum absolute atomic E-state index is 11.9. The Hall–Kier alpha value is -3.06. The zero-order valence-corrected chi connectivity index (χ0v) is 14.7. The van der Waals surface area contributed by atoms with Gasteiger partial charge in [0.05, 0.1) is 11.0 Å². The van der Waals surface area contributed by atoms with Crippen molar-refractivity contribution < 1.29 is 9.21 Å². The monoisotopic (exact) mass is 365 g/mol. The SMILES string of the molecule is CC(=O)Nc1ccc2c(CSc3nc4ccccc4[nH]3)cc(=O)oc2c1. The van der Waals surface area contributed by atoms with Crippen LogP contribution in [0.2, 0.25) is 0 Å². The predicted molar refractivity (Wildman–Crippen MR) is 102 cm³/mol. The normalized spacial score (nSPS) is 11.1. The van der Waals surface area contributed by atoms with Crippen LogP contribution in [0.25, 0.3) is 22.0 Å². The van der Waals surface area contributed by atoms with Crippen LogP contribution in [0.1, 0.15) is 12.5 Å². The van der Waals surface area contributed by atoms with Crippen molar-refractivity contribution in [2.24, 2.45) is 0 Å². The lowest BCUT2D eigenvalue weighted by molar-refractivity contribution is -0.114. The summed E-state index contributed by atoms with van der Waals surface area (Å²) in [6.45, 7) is 1.43. The third kappa shape index (κ3) is 3.34. The fourth-order valence-electron chi connectivity index (χ4n) is 2.77. The Morgan fingerprint density at radius 3 is 2.88 bits per heavy atom. The van der Waals surface area contributed by atoms with Crippen LogP contribution in [0, 0.1) is 0 Å². The summed E-state index contributed by atoms with van der Waals surface area (Å²) >= 11 is 1.52. The average molecular weight is 365 g/mol. The van der Waals surface area contributed by atoms with Crippen LogP contribution >= 0.6 is 11.8 Å². The molecular formula is C19H15N3O3S. The minimum Gasteiger partial charge on any atom is -0.423 e. The molecule has 0 radical (unpaired) electrons. The van der Waals surface area contributed by atoms with Gasteiger partial charge in [-0.1, -0.05) is 23.9 Å². The first-order valence-electron chi connectivity index (χ1n) is 8.00. The van der Waals surface area contributed by atoms with Gasteiger partial charge in [-0.2, -0.15) is 0 Å². The number of imidazole rings is 1. The largest absolute Gasteiger partial charge is 0.423 e. The van der Waals surface area contributed by atoms with E-state index in [1.807, 2.05) is 30.3 Å². The van der Waals surface area contributed by atoms with E-state index in [1.165, 1.54) is 24.8 Å². The molecule has 0 atom stereocenters. The molecule has 0 aliphatic carbocycles. The van der Waals surface area contributed by atoms with Crippen LogP contribution in [0.4, 0.5) is 5.69 Å². The standard InChI is InChI=1S/C19H15N3O3S/c1-11(23)20-13-6-7-14-12(8-18(24)25-17(14)9-13)10-26-19-21-15-4-2-3-5-16(15)22-19/h2-9H,10H2,1H3,(H,20,23)(H,21,22). The highest BCUT2D eigenvalue weighted by molar-refractivity contribution is 7.98. The highest BCUT2D eigenvalue weighted by atomic mass is 32.2. The summed E-state index contributed by atoms with van der Waals surface area (Å²) in [4.78, 5) is 30.9. The molecule has 0 saturated carbocycles. The quantitative estimate of drug-likeness (QED) is 0.423. The molecular weight excluding hydrogens is 350 g/mol. The number of H-pyrrole nitrogens is 1. The fourth-order valence-corrected chi connectivity index (χ4v) is 3.65. The highest BCUT2D eigenvalue weighted by Crippen LogP contribution is 2.27. The topological polar surface area (TPSA) is 88.0 Å². The van der Waals surface area contributed by atoms with E-state index in [1.54, 1.807) is 12.1 Å². The molecule has 0 spiro atoms. The lowest BCUT2D eigenvalue weighted by Crippen LogP contribution is -2.06. The smallest absolute Gasteiger partial charge is 0.336 e. The van der Waals surface area contributed by atoms with Gasteiger partial charge in [-0.25, -0.2) is 9.78 Å². The molecule has 2 N–H and O–H groups in total. The van der Waals surface area contributed by atoms with E-state index in [0.29, 0.717) is 17.0 Å². The third-order valence-corrected chi connectivity index (χ3v) is 4.80. The summed E-state index contributed by atoms with van der Waals surface area (Å²) in [5.74, 6) is 0.393. The van der Waals surface area contributed by atoms with Crippen molar-refractivity contribution in [3.8, 4) is 0 Å². The van der Waals surface area contributed by atoms with Gasteiger partial charge < -0.3 is 14.7 Å². The molecule has 4 aromatic rings. The van der Waals surface area contributed by atoms with Crippen LogP contribution in [-0.2, 0) is 10.5 Å². The Balaban J connectivity index is 1.64.